The Morgan fingerprint density at radius 2 is 2.04 bits per heavy atom. The van der Waals surface area contributed by atoms with Gasteiger partial charge in [-0.1, -0.05) is 12.1 Å². The van der Waals surface area contributed by atoms with Crippen molar-refractivity contribution >= 4 is 29.6 Å². The molecule has 0 fully saturated rings. The van der Waals surface area contributed by atoms with E-state index >= 15 is 0 Å². The van der Waals surface area contributed by atoms with E-state index in [9.17, 15) is 14.9 Å². The highest BCUT2D eigenvalue weighted by molar-refractivity contribution is 7.99. The third-order valence-electron chi connectivity index (χ3n) is 3.28. The summed E-state index contributed by atoms with van der Waals surface area (Å²) < 4.78 is 5.56. The molecule has 0 aliphatic rings. The molecule has 8 heteroatoms. The summed E-state index contributed by atoms with van der Waals surface area (Å²) in [7, 11) is 0. The third-order valence-corrected chi connectivity index (χ3v) is 4.28. The van der Waals surface area contributed by atoms with Gasteiger partial charge in [-0.25, -0.2) is 5.43 Å². The zero-order chi connectivity index (χ0) is 19.6. The summed E-state index contributed by atoms with van der Waals surface area (Å²) in [6.45, 7) is 3.92. The van der Waals surface area contributed by atoms with Crippen LogP contribution < -0.4 is 10.2 Å². The van der Waals surface area contributed by atoms with Gasteiger partial charge in [-0.15, -0.1) is 11.8 Å². The average molecular weight is 387 g/mol. The number of benzene rings is 2. The normalized spacial score (nSPS) is 10.9. The summed E-state index contributed by atoms with van der Waals surface area (Å²) in [5.74, 6) is 1.27. The fourth-order valence-corrected chi connectivity index (χ4v) is 2.90. The Bertz CT molecular complexity index is 807. The predicted octanol–water partition coefficient (Wildman–Crippen LogP) is 3.77. The van der Waals surface area contributed by atoms with Gasteiger partial charge in [0, 0.05) is 17.9 Å². The van der Waals surface area contributed by atoms with Crippen molar-refractivity contribution in [3.05, 3.63) is 69.8 Å². The van der Waals surface area contributed by atoms with E-state index in [0.29, 0.717) is 5.75 Å². The standard InChI is InChI=1S/C19H21N3O4S/c1-14(2)26-18-8-6-15(7-9-18)11-20-21-19(23)13-27-12-16-4-3-5-17(10-16)22(24)25/h3-11,14H,12-13H2,1-2H3,(H,21,23)/b20-11-. The Morgan fingerprint density at radius 1 is 1.30 bits per heavy atom. The summed E-state index contributed by atoms with van der Waals surface area (Å²) in [6.07, 6.45) is 1.67. The Hall–Kier alpha value is -2.87. The molecule has 7 nitrogen and oxygen atoms in total. The lowest BCUT2D eigenvalue weighted by molar-refractivity contribution is -0.384. The van der Waals surface area contributed by atoms with Crippen LogP contribution in [0.15, 0.2) is 53.6 Å². The van der Waals surface area contributed by atoms with Crippen molar-refractivity contribution in [1.29, 1.82) is 0 Å². The van der Waals surface area contributed by atoms with Crippen molar-refractivity contribution in [2.45, 2.75) is 25.7 Å². The fraction of sp³-hybridized carbons (Fsp3) is 0.263. The van der Waals surface area contributed by atoms with Crippen molar-refractivity contribution in [2.24, 2.45) is 5.10 Å². The smallest absolute Gasteiger partial charge is 0.269 e. The first-order chi connectivity index (χ1) is 12.9. The number of nitro groups is 1. The number of nitrogens with zero attached hydrogens (tertiary/aromatic N) is 2. The number of hydrazone groups is 1. The number of hydrogen-bond donors (Lipinski definition) is 1. The molecule has 0 heterocycles. The highest BCUT2D eigenvalue weighted by Gasteiger charge is 2.06. The van der Waals surface area contributed by atoms with Gasteiger partial charge in [0.05, 0.1) is 23.0 Å². The van der Waals surface area contributed by atoms with Gasteiger partial charge < -0.3 is 4.74 Å². The quantitative estimate of drug-likeness (QED) is 0.402. The van der Waals surface area contributed by atoms with Crippen molar-refractivity contribution in [3.63, 3.8) is 0 Å². The summed E-state index contributed by atoms with van der Waals surface area (Å²) in [5, 5.41) is 14.7. The Labute approximate surface area is 162 Å². The van der Waals surface area contributed by atoms with Gasteiger partial charge in [-0.05, 0) is 49.2 Å². The van der Waals surface area contributed by atoms with Gasteiger partial charge in [0.2, 0.25) is 5.91 Å². The van der Waals surface area contributed by atoms with Crippen LogP contribution in [0.2, 0.25) is 0 Å². The van der Waals surface area contributed by atoms with Crippen LogP contribution in [0.4, 0.5) is 5.69 Å². The van der Waals surface area contributed by atoms with Crippen LogP contribution in [0.25, 0.3) is 0 Å². The number of ether oxygens (including phenoxy) is 1. The number of non-ortho nitro benzene ring substituents is 1. The largest absolute Gasteiger partial charge is 0.491 e. The van der Waals surface area contributed by atoms with Crippen LogP contribution in [-0.2, 0) is 10.5 Å². The zero-order valence-electron chi connectivity index (χ0n) is 15.1. The number of carbonyl (C=O) groups excluding carboxylic acids is 1. The second-order valence-electron chi connectivity index (χ2n) is 5.95. The fourth-order valence-electron chi connectivity index (χ4n) is 2.14. The molecule has 0 radical (unpaired) electrons. The lowest BCUT2D eigenvalue weighted by atomic mass is 10.2. The first-order valence-electron chi connectivity index (χ1n) is 8.34. The maximum atomic E-state index is 11.8. The highest BCUT2D eigenvalue weighted by atomic mass is 32.2. The monoisotopic (exact) mass is 387 g/mol. The molecule has 142 valence electrons. The topological polar surface area (TPSA) is 93.8 Å². The molecular formula is C19H21N3O4S. The summed E-state index contributed by atoms with van der Waals surface area (Å²) in [6, 6.07) is 13.8. The maximum Gasteiger partial charge on any atom is 0.269 e. The number of hydrogen-bond acceptors (Lipinski definition) is 6. The molecule has 2 rings (SSSR count). The minimum absolute atomic E-state index is 0.0481. The second kappa shape index (κ2) is 10.3. The van der Waals surface area contributed by atoms with Gasteiger partial charge in [0.1, 0.15) is 5.75 Å². The molecule has 0 atom stereocenters. The Kier molecular flexibility index (Phi) is 7.81. The number of nitro benzene ring substituents is 1. The van der Waals surface area contributed by atoms with E-state index in [2.05, 4.69) is 10.5 Å². The number of carbonyl (C=O) groups is 1. The Morgan fingerprint density at radius 3 is 2.70 bits per heavy atom. The van der Waals surface area contributed by atoms with Crippen LogP contribution >= 0.6 is 11.8 Å². The molecule has 0 aliphatic carbocycles. The average Bonchev–Trinajstić information content (AvgIpc) is 2.63. The molecule has 2 aromatic carbocycles. The SMILES string of the molecule is CC(C)Oc1ccc(/C=N\NC(=O)CSCc2cccc([N+](=O)[O-])c2)cc1. The van der Waals surface area contributed by atoms with E-state index in [0.717, 1.165) is 16.9 Å². The first-order valence-corrected chi connectivity index (χ1v) is 9.49. The van der Waals surface area contributed by atoms with Crippen LogP contribution in [0, 0.1) is 10.1 Å². The van der Waals surface area contributed by atoms with Crippen LogP contribution in [-0.4, -0.2) is 28.9 Å². The van der Waals surface area contributed by atoms with E-state index in [1.807, 2.05) is 38.1 Å². The molecule has 0 aliphatic heterocycles. The minimum atomic E-state index is -0.433. The third kappa shape index (κ3) is 7.49. The van der Waals surface area contributed by atoms with Crippen molar-refractivity contribution in [3.8, 4) is 5.75 Å². The Balaban J connectivity index is 1.73. The van der Waals surface area contributed by atoms with Crippen molar-refractivity contribution in [2.75, 3.05) is 5.75 Å². The van der Waals surface area contributed by atoms with Gasteiger partial charge in [-0.3, -0.25) is 14.9 Å². The molecular weight excluding hydrogens is 366 g/mol. The highest BCUT2D eigenvalue weighted by Crippen LogP contribution is 2.18. The molecule has 2 aromatic rings. The molecule has 0 saturated heterocycles. The zero-order valence-corrected chi connectivity index (χ0v) is 15.9. The first kappa shape index (κ1) is 20.4. The van der Waals surface area contributed by atoms with E-state index in [-0.39, 0.29) is 23.5 Å². The van der Waals surface area contributed by atoms with E-state index in [4.69, 9.17) is 4.74 Å². The molecule has 27 heavy (non-hydrogen) atoms. The van der Waals surface area contributed by atoms with Crippen LogP contribution in [0.5, 0.6) is 5.75 Å². The van der Waals surface area contributed by atoms with Gasteiger partial charge in [0.25, 0.3) is 5.69 Å². The van der Waals surface area contributed by atoms with E-state index in [1.165, 1.54) is 23.9 Å². The number of amides is 1. The molecule has 0 aromatic heterocycles. The van der Waals surface area contributed by atoms with E-state index in [1.54, 1.807) is 18.3 Å². The molecule has 1 amide bonds. The summed E-state index contributed by atoms with van der Waals surface area (Å²) >= 11 is 1.36. The lowest BCUT2D eigenvalue weighted by Crippen LogP contribution is -2.19. The predicted molar refractivity (Wildman–Crippen MR) is 107 cm³/mol. The second-order valence-corrected chi connectivity index (χ2v) is 6.93. The number of nitrogens with one attached hydrogen (secondary N) is 1. The van der Waals surface area contributed by atoms with Crippen molar-refractivity contribution < 1.29 is 14.5 Å². The van der Waals surface area contributed by atoms with E-state index < -0.39 is 4.92 Å². The molecule has 0 unspecified atom stereocenters. The van der Waals surface area contributed by atoms with Gasteiger partial charge in [-0.2, -0.15) is 5.10 Å². The van der Waals surface area contributed by atoms with Crippen LogP contribution in [0.3, 0.4) is 0 Å². The van der Waals surface area contributed by atoms with Crippen LogP contribution in [0.1, 0.15) is 25.0 Å². The number of thioether (sulfide) groups is 1. The molecule has 0 bridgehead atoms. The lowest BCUT2D eigenvalue weighted by Gasteiger charge is -2.09. The molecule has 1 N–H and O–H groups in total. The number of rotatable bonds is 9. The molecule has 0 spiro atoms. The minimum Gasteiger partial charge on any atom is -0.491 e. The van der Waals surface area contributed by atoms with Crippen molar-refractivity contribution in [1.82, 2.24) is 5.43 Å². The summed E-state index contributed by atoms with van der Waals surface area (Å²) in [4.78, 5) is 22.1. The van der Waals surface area contributed by atoms with Gasteiger partial charge in [0.15, 0.2) is 0 Å². The summed E-state index contributed by atoms with van der Waals surface area (Å²) in [5.41, 5.74) is 4.16. The molecule has 0 saturated carbocycles. The maximum absolute atomic E-state index is 11.8. The van der Waals surface area contributed by atoms with Gasteiger partial charge >= 0.3 is 0 Å².